The van der Waals surface area contributed by atoms with E-state index < -0.39 is 11.9 Å². The lowest BCUT2D eigenvalue weighted by Crippen LogP contribution is -2.27. The van der Waals surface area contributed by atoms with Gasteiger partial charge in [-0.25, -0.2) is 4.39 Å². The minimum Gasteiger partial charge on any atom is -0.388 e. The summed E-state index contributed by atoms with van der Waals surface area (Å²) in [5.74, 6) is -0.602. The molecule has 0 saturated heterocycles. The first-order chi connectivity index (χ1) is 10.5. The Balaban J connectivity index is 1.94. The van der Waals surface area contributed by atoms with Gasteiger partial charge in [0.05, 0.1) is 12.5 Å². The first kappa shape index (κ1) is 16.2. The van der Waals surface area contributed by atoms with Gasteiger partial charge in [0.2, 0.25) is 5.91 Å². The van der Waals surface area contributed by atoms with Crippen LogP contribution in [0.15, 0.2) is 48.5 Å². The Morgan fingerprint density at radius 2 is 1.91 bits per heavy atom. The van der Waals surface area contributed by atoms with Gasteiger partial charge in [-0.2, -0.15) is 0 Å². The van der Waals surface area contributed by atoms with Crippen LogP contribution >= 0.6 is 0 Å². The van der Waals surface area contributed by atoms with Crippen LogP contribution in [-0.4, -0.2) is 23.0 Å². The molecule has 2 aromatic carbocycles. The van der Waals surface area contributed by atoms with E-state index in [1.54, 1.807) is 18.0 Å². The van der Waals surface area contributed by atoms with Crippen LogP contribution in [0, 0.1) is 12.7 Å². The number of nitrogens with zero attached hydrogens (tertiary/aromatic N) is 1. The van der Waals surface area contributed by atoms with Gasteiger partial charge in [-0.1, -0.05) is 42.0 Å². The van der Waals surface area contributed by atoms with Gasteiger partial charge < -0.3 is 10.0 Å². The summed E-state index contributed by atoms with van der Waals surface area (Å²) in [6.07, 6.45) is -1.06. The smallest absolute Gasteiger partial charge is 0.225 e. The predicted molar refractivity (Wildman–Crippen MR) is 83.6 cm³/mol. The van der Waals surface area contributed by atoms with Gasteiger partial charge in [0, 0.05) is 13.6 Å². The molecule has 1 N–H and O–H groups in total. The van der Waals surface area contributed by atoms with Crippen LogP contribution in [0.2, 0.25) is 0 Å². The summed E-state index contributed by atoms with van der Waals surface area (Å²) < 4.78 is 13.1. The molecule has 0 bridgehead atoms. The molecule has 0 aliphatic heterocycles. The highest BCUT2D eigenvalue weighted by Gasteiger charge is 2.17. The SMILES string of the molecule is Cc1ccc(CN(C)C(=O)CC(O)c2cccc(F)c2)cc1. The zero-order chi connectivity index (χ0) is 16.1. The van der Waals surface area contributed by atoms with Crippen molar-refractivity contribution in [2.75, 3.05) is 7.05 Å². The molecule has 2 rings (SSSR count). The highest BCUT2D eigenvalue weighted by atomic mass is 19.1. The van der Waals surface area contributed by atoms with Crippen molar-refractivity contribution in [3.05, 3.63) is 71.0 Å². The van der Waals surface area contributed by atoms with E-state index in [0.717, 1.165) is 5.56 Å². The van der Waals surface area contributed by atoms with Crippen LogP contribution < -0.4 is 0 Å². The van der Waals surface area contributed by atoms with Crippen LogP contribution in [-0.2, 0) is 11.3 Å². The topological polar surface area (TPSA) is 40.5 Å². The molecule has 22 heavy (non-hydrogen) atoms. The lowest BCUT2D eigenvalue weighted by atomic mass is 10.1. The number of halogens is 1. The lowest BCUT2D eigenvalue weighted by Gasteiger charge is -2.19. The van der Waals surface area contributed by atoms with Crippen LogP contribution in [0.25, 0.3) is 0 Å². The van der Waals surface area contributed by atoms with Gasteiger partial charge in [0.25, 0.3) is 0 Å². The maximum atomic E-state index is 13.1. The Morgan fingerprint density at radius 3 is 2.55 bits per heavy atom. The first-order valence-electron chi connectivity index (χ1n) is 7.19. The molecule has 1 amide bonds. The summed E-state index contributed by atoms with van der Waals surface area (Å²) in [5, 5.41) is 10.1. The van der Waals surface area contributed by atoms with E-state index in [4.69, 9.17) is 0 Å². The van der Waals surface area contributed by atoms with Gasteiger partial charge >= 0.3 is 0 Å². The monoisotopic (exact) mass is 301 g/mol. The Kier molecular flexibility index (Phi) is 5.28. The van der Waals surface area contributed by atoms with Gasteiger partial charge in [0.1, 0.15) is 5.82 Å². The van der Waals surface area contributed by atoms with Crippen molar-refractivity contribution in [3.63, 3.8) is 0 Å². The molecule has 0 aromatic heterocycles. The Labute approximate surface area is 130 Å². The molecule has 0 spiro atoms. The average molecular weight is 301 g/mol. The van der Waals surface area contributed by atoms with Gasteiger partial charge in [-0.3, -0.25) is 4.79 Å². The molecule has 0 saturated carbocycles. The second kappa shape index (κ2) is 7.18. The number of carbonyl (C=O) groups excluding carboxylic acids is 1. The molecule has 2 aromatic rings. The van der Waals surface area contributed by atoms with E-state index in [0.29, 0.717) is 12.1 Å². The number of benzene rings is 2. The number of aryl methyl sites for hydroxylation is 1. The summed E-state index contributed by atoms with van der Waals surface area (Å²) in [4.78, 5) is 13.7. The number of hydrogen-bond donors (Lipinski definition) is 1. The number of carbonyl (C=O) groups is 1. The summed E-state index contributed by atoms with van der Waals surface area (Å²) >= 11 is 0. The molecule has 1 atom stereocenters. The Bertz CT molecular complexity index is 640. The third-order valence-corrected chi connectivity index (χ3v) is 3.57. The van der Waals surface area contributed by atoms with E-state index in [-0.39, 0.29) is 12.3 Å². The van der Waals surface area contributed by atoms with Crippen molar-refractivity contribution in [3.8, 4) is 0 Å². The van der Waals surface area contributed by atoms with E-state index in [9.17, 15) is 14.3 Å². The van der Waals surface area contributed by atoms with E-state index in [1.807, 2.05) is 31.2 Å². The first-order valence-corrected chi connectivity index (χ1v) is 7.19. The fraction of sp³-hybridized carbons (Fsp3) is 0.278. The van der Waals surface area contributed by atoms with E-state index in [2.05, 4.69) is 0 Å². The van der Waals surface area contributed by atoms with Crippen molar-refractivity contribution >= 4 is 5.91 Å². The van der Waals surface area contributed by atoms with Crippen molar-refractivity contribution < 1.29 is 14.3 Å². The van der Waals surface area contributed by atoms with Crippen LogP contribution in [0.4, 0.5) is 4.39 Å². The van der Waals surface area contributed by atoms with Crippen LogP contribution in [0.3, 0.4) is 0 Å². The summed E-state index contributed by atoms with van der Waals surface area (Å²) in [5.41, 5.74) is 2.61. The number of rotatable bonds is 5. The molecule has 0 radical (unpaired) electrons. The second-order valence-corrected chi connectivity index (χ2v) is 5.51. The van der Waals surface area contributed by atoms with Crippen molar-refractivity contribution in [2.45, 2.75) is 26.0 Å². The van der Waals surface area contributed by atoms with Crippen molar-refractivity contribution in [2.24, 2.45) is 0 Å². The number of hydrogen-bond acceptors (Lipinski definition) is 2. The Morgan fingerprint density at radius 1 is 1.23 bits per heavy atom. The third-order valence-electron chi connectivity index (χ3n) is 3.57. The lowest BCUT2D eigenvalue weighted by molar-refractivity contribution is -0.132. The van der Waals surface area contributed by atoms with Crippen LogP contribution in [0.1, 0.15) is 29.2 Å². The number of aliphatic hydroxyl groups is 1. The standard InChI is InChI=1S/C18H20FNO2/c1-13-6-8-14(9-7-13)12-20(2)18(22)11-17(21)15-4-3-5-16(19)10-15/h3-10,17,21H,11-12H2,1-2H3. The van der Waals surface area contributed by atoms with Crippen molar-refractivity contribution in [1.82, 2.24) is 4.90 Å². The molecule has 116 valence electrons. The Hall–Kier alpha value is -2.20. The van der Waals surface area contributed by atoms with Crippen molar-refractivity contribution in [1.29, 1.82) is 0 Å². The molecular weight excluding hydrogens is 281 g/mol. The summed E-state index contributed by atoms with van der Waals surface area (Å²) in [6, 6.07) is 13.6. The van der Waals surface area contributed by atoms with Gasteiger partial charge in [-0.05, 0) is 30.2 Å². The predicted octanol–water partition coefficient (Wildman–Crippen LogP) is 3.22. The molecule has 0 aliphatic rings. The zero-order valence-electron chi connectivity index (χ0n) is 12.8. The maximum absolute atomic E-state index is 13.1. The molecule has 1 unspecified atom stereocenters. The van der Waals surface area contributed by atoms with Gasteiger partial charge in [-0.15, -0.1) is 0 Å². The molecule has 3 nitrogen and oxygen atoms in total. The van der Waals surface area contributed by atoms with Crippen LogP contribution in [0.5, 0.6) is 0 Å². The summed E-state index contributed by atoms with van der Waals surface area (Å²) in [6.45, 7) is 2.49. The highest BCUT2D eigenvalue weighted by Crippen LogP contribution is 2.19. The highest BCUT2D eigenvalue weighted by molar-refractivity contribution is 5.76. The minimum absolute atomic E-state index is 0.0637. The quantitative estimate of drug-likeness (QED) is 0.921. The van der Waals surface area contributed by atoms with E-state index in [1.165, 1.54) is 23.8 Å². The largest absolute Gasteiger partial charge is 0.388 e. The third kappa shape index (κ3) is 4.40. The molecule has 4 heteroatoms. The summed E-state index contributed by atoms with van der Waals surface area (Å²) in [7, 11) is 1.69. The van der Waals surface area contributed by atoms with E-state index >= 15 is 0 Å². The second-order valence-electron chi connectivity index (χ2n) is 5.51. The number of aliphatic hydroxyl groups excluding tert-OH is 1. The zero-order valence-corrected chi connectivity index (χ0v) is 12.8. The van der Waals surface area contributed by atoms with Gasteiger partial charge in [0.15, 0.2) is 0 Å². The number of amides is 1. The normalized spacial score (nSPS) is 12.0. The molecule has 0 aliphatic carbocycles. The molecule has 0 fully saturated rings. The molecule has 0 heterocycles. The fourth-order valence-electron chi connectivity index (χ4n) is 2.21. The maximum Gasteiger partial charge on any atom is 0.225 e. The average Bonchev–Trinajstić information content (AvgIpc) is 2.49. The fourth-order valence-corrected chi connectivity index (χ4v) is 2.21. The minimum atomic E-state index is -0.997. The molecular formula is C18H20FNO2.